The van der Waals surface area contributed by atoms with Gasteiger partial charge in [0.05, 0.1) is 11.1 Å². The fourth-order valence-corrected chi connectivity index (χ4v) is 4.60. The van der Waals surface area contributed by atoms with Crippen LogP contribution >= 0.6 is 23.1 Å². The van der Waals surface area contributed by atoms with E-state index in [1.165, 1.54) is 42.4 Å². The molecule has 1 aliphatic carbocycles. The van der Waals surface area contributed by atoms with E-state index in [0.29, 0.717) is 23.1 Å². The van der Waals surface area contributed by atoms with Crippen molar-refractivity contribution in [2.45, 2.75) is 49.8 Å². The molecule has 1 amide bonds. The Kier molecular flexibility index (Phi) is 5.73. The lowest BCUT2D eigenvalue weighted by Crippen LogP contribution is -2.37. The number of nitrogens with zero attached hydrogens (tertiary/aromatic N) is 2. The van der Waals surface area contributed by atoms with Gasteiger partial charge in [0.25, 0.3) is 5.56 Å². The van der Waals surface area contributed by atoms with Crippen LogP contribution in [-0.2, 0) is 11.3 Å². The Morgan fingerprint density at radius 1 is 1.46 bits per heavy atom. The van der Waals surface area contributed by atoms with Crippen LogP contribution in [-0.4, -0.2) is 27.3 Å². The number of rotatable bonds is 6. The molecular weight excluding hydrogens is 342 g/mol. The maximum Gasteiger partial charge on any atom is 0.263 e. The van der Waals surface area contributed by atoms with Crippen molar-refractivity contribution >= 4 is 39.2 Å². The van der Waals surface area contributed by atoms with Gasteiger partial charge in [0.1, 0.15) is 4.83 Å². The predicted octanol–water partition coefficient (Wildman–Crippen LogP) is 3.19. The summed E-state index contributed by atoms with van der Waals surface area (Å²) in [6, 6.07) is 2.09. The third kappa shape index (κ3) is 3.89. The summed E-state index contributed by atoms with van der Waals surface area (Å²) in [6.07, 6.45) is 7.45. The molecule has 2 aromatic rings. The van der Waals surface area contributed by atoms with Crippen LogP contribution in [0.3, 0.4) is 0 Å². The van der Waals surface area contributed by atoms with E-state index in [2.05, 4.69) is 16.9 Å². The Morgan fingerprint density at radius 2 is 2.25 bits per heavy atom. The van der Waals surface area contributed by atoms with Crippen molar-refractivity contribution < 1.29 is 4.79 Å². The van der Waals surface area contributed by atoms with Crippen LogP contribution in [0.5, 0.6) is 0 Å². The molecule has 5 nitrogen and oxygen atoms in total. The first-order valence-corrected chi connectivity index (χ1v) is 10.1. The molecule has 0 unspecified atom stereocenters. The number of carbonyl (C=O) groups is 1. The van der Waals surface area contributed by atoms with Crippen LogP contribution in [0.1, 0.15) is 32.1 Å². The molecule has 0 radical (unpaired) electrons. The van der Waals surface area contributed by atoms with E-state index in [-0.39, 0.29) is 17.2 Å². The zero-order chi connectivity index (χ0) is 16.9. The normalized spacial score (nSPS) is 15.5. The van der Waals surface area contributed by atoms with Gasteiger partial charge in [-0.2, -0.15) is 0 Å². The van der Waals surface area contributed by atoms with Crippen molar-refractivity contribution in [1.82, 2.24) is 14.9 Å². The second-order valence-electron chi connectivity index (χ2n) is 5.93. The highest BCUT2D eigenvalue weighted by molar-refractivity contribution is 7.99. The Labute approximate surface area is 149 Å². The van der Waals surface area contributed by atoms with Gasteiger partial charge in [-0.15, -0.1) is 17.9 Å². The van der Waals surface area contributed by atoms with E-state index in [0.717, 1.165) is 17.7 Å². The lowest BCUT2D eigenvalue weighted by atomic mass is 9.95. The van der Waals surface area contributed by atoms with Gasteiger partial charge >= 0.3 is 0 Å². The summed E-state index contributed by atoms with van der Waals surface area (Å²) < 4.78 is 1.58. The molecule has 0 atom stereocenters. The molecule has 0 aromatic carbocycles. The molecule has 1 aliphatic rings. The number of hydrogen-bond donors (Lipinski definition) is 1. The molecule has 1 fully saturated rings. The topological polar surface area (TPSA) is 64.0 Å². The molecule has 128 valence electrons. The minimum atomic E-state index is -0.0728. The molecule has 0 bridgehead atoms. The van der Waals surface area contributed by atoms with Gasteiger partial charge in [-0.1, -0.05) is 37.1 Å². The summed E-state index contributed by atoms with van der Waals surface area (Å²) >= 11 is 2.76. The van der Waals surface area contributed by atoms with E-state index in [9.17, 15) is 9.59 Å². The quantitative estimate of drug-likeness (QED) is 0.486. The summed E-state index contributed by atoms with van der Waals surface area (Å²) in [5.41, 5.74) is -0.0728. The highest BCUT2D eigenvalue weighted by atomic mass is 32.2. The Morgan fingerprint density at radius 3 is 3.00 bits per heavy atom. The minimum absolute atomic E-state index is 0.0116. The first-order valence-electron chi connectivity index (χ1n) is 8.20. The van der Waals surface area contributed by atoms with Crippen LogP contribution in [0, 0.1) is 0 Å². The molecule has 3 rings (SSSR count). The minimum Gasteiger partial charge on any atom is -0.353 e. The maximum absolute atomic E-state index is 12.5. The van der Waals surface area contributed by atoms with E-state index in [4.69, 9.17) is 0 Å². The van der Waals surface area contributed by atoms with Gasteiger partial charge in [0.2, 0.25) is 5.91 Å². The summed E-state index contributed by atoms with van der Waals surface area (Å²) in [5.74, 6) is 0.286. The number of thiophene rings is 1. The molecule has 0 spiro atoms. The lowest BCUT2D eigenvalue weighted by Gasteiger charge is -2.22. The van der Waals surface area contributed by atoms with Gasteiger partial charge in [-0.05, 0) is 24.3 Å². The van der Waals surface area contributed by atoms with Crippen molar-refractivity contribution in [2.75, 3.05) is 5.75 Å². The highest BCUT2D eigenvalue weighted by Crippen LogP contribution is 2.22. The summed E-state index contributed by atoms with van der Waals surface area (Å²) in [5, 5.41) is 6.16. The second-order valence-corrected chi connectivity index (χ2v) is 7.77. The predicted molar refractivity (Wildman–Crippen MR) is 99.8 cm³/mol. The van der Waals surface area contributed by atoms with E-state index < -0.39 is 0 Å². The van der Waals surface area contributed by atoms with Crippen molar-refractivity contribution in [1.29, 1.82) is 0 Å². The second kappa shape index (κ2) is 7.98. The van der Waals surface area contributed by atoms with Crippen molar-refractivity contribution in [2.24, 2.45) is 0 Å². The fourth-order valence-electron chi connectivity index (χ4n) is 2.98. The molecule has 2 aromatic heterocycles. The van der Waals surface area contributed by atoms with Crippen LogP contribution < -0.4 is 10.9 Å². The van der Waals surface area contributed by atoms with E-state index in [1.54, 1.807) is 16.7 Å². The highest BCUT2D eigenvalue weighted by Gasteiger charge is 2.17. The van der Waals surface area contributed by atoms with Crippen LogP contribution in [0.15, 0.2) is 34.1 Å². The number of allylic oxidation sites excluding steroid dienone is 1. The smallest absolute Gasteiger partial charge is 0.263 e. The SMILES string of the molecule is C=CCn1c(SCC(=O)NC2CCCCC2)nc2sccc2c1=O. The van der Waals surface area contributed by atoms with Crippen LogP contribution in [0.4, 0.5) is 0 Å². The largest absolute Gasteiger partial charge is 0.353 e. The van der Waals surface area contributed by atoms with Crippen LogP contribution in [0.25, 0.3) is 10.2 Å². The number of carbonyl (C=O) groups excluding carboxylic acids is 1. The van der Waals surface area contributed by atoms with Crippen LogP contribution in [0.2, 0.25) is 0 Å². The number of fused-ring (bicyclic) bond motifs is 1. The fraction of sp³-hybridized carbons (Fsp3) is 0.471. The number of aromatic nitrogens is 2. The number of hydrogen-bond acceptors (Lipinski definition) is 5. The zero-order valence-electron chi connectivity index (χ0n) is 13.5. The van der Waals surface area contributed by atoms with Gasteiger partial charge in [0, 0.05) is 12.6 Å². The van der Waals surface area contributed by atoms with Crippen molar-refractivity contribution in [3.63, 3.8) is 0 Å². The summed E-state index contributed by atoms with van der Waals surface area (Å²) in [6.45, 7) is 4.10. The third-order valence-electron chi connectivity index (χ3n) is 4.16. The molecule has 0 saturated heterocycles. The molecule has 2 heterocycles. The number of amides is 1. The first kappa shape index (κ1) is 17.2. The average molecular weight is 364 g/mol. The zero-order valence-corrected chi connectivity index (χ0v) is 15.1. The van der Waals surface area contributed by atoms with Crippen molar-refractivity contribution in [3.05, 3.63) is 34.5 Å². The maximum atomic E-state index is 12.5. The average Bonchev–Trinajstić information content (AvgIpc) is 3.05. The van der Waals surface area contributed by atoms with Crippen molar-refractivity contribution in [3.8, 4) is 0 Å². The number of nitrogens with one attached hydrogen (secondary N) is 1. The Balaban J connectivity index is 1.71. The Bertz CT molecular complexity index is 791. The Hall–Kier alpha value is -1.60. The van der Waals surface area contributed by atoms with Gasteiger partial charge < -0.3 is 5.32 Å². The molecule has 7 heteroatoms. The first-order chi connectivity index (χ1) is 11.7. The third-order valence-corrected chi connectivity index (χ3v) is 5.95. The standard InChI is InChI=1S/C17H21N3O2S2/c1-2-9-20-16(22)13-8-10-23-15(13)19-17(20)24-11-14(21)18-12-6-4-3-5-7-12/h2,8,10,12H,1,3-7,9,11H2,(H,18,21). The monoisotopic (exact) mass is 363 g/mol. The van der Waals surface area contributed by atoms with E-state index in [1.807, 2.05) is 5.38 Å². The summed E-state index contributed by atoms with van der Waals surface area (Å²) in [4.78, 5) is 30.0. The molecule has 1 N–H and O–H groups in total. The molecule has 24 heavy (non-hydrogen) atoms. The van der Waals surface area contributed by atoms with E-state index >= 15 is 0 Å². The van der Waals surface area contributed by atoms with Gasteiger partial charge in [0.15, 0.2) is 5.16 Å². The van der Waals surface area contributed by atoms with Gasteiger partial charge in [-0.3, -0.25) is 14.2 Å². The molecule has 0 aliphatic heterocycles. The molecular formula is C17H21N3O2S2. The lowest BCUT2D eigenvalue weighted by molar-refractivity contribution is -0.119. The summed E-state index contributed by atoms with van der Waals surface area (Å²) in [7, 11) is 0. The molecule has 1 saturated carbocycles. The van der Waals surface area contributed by atoms with Gasteiger partial charge in [-0.25, -0.2) is 4.98 Å². The number of thioether (sulfide) groups is 1.